The number of carbonyl (C=O) groups is 1. The standard InChI is InChI=1S/C21H23ClN2O2/c1-12-6-7-14(13(2)11-12)19-15(5-3-4-10-23)18-16(21(25)26)8-9-17(22)20(18)24-19/h6-9,11,24H,3-5,10,23H2,1-2H3,(H,25,26). The molecule has 2 aromatic carbocycles. The summed E-state index contributed by atoms with van der Waals surface area (Å²) in [5.74, 6) is -0.946. The Kier molecular flexibility index (Phi) is 5.35. The summed E-state index contributed by atoms with van der Waals surface area (Å²) in [6, 6.07) is 9.50. The van der Waals surface area contributed by atoms with Crippen molar-refractivity contribution in [1.29, 1.82) is 0 Å². The van der Waals surface area contributed by atoms with Crippen molar-refractivity contribution in [2.75, 3.05) is 6.54 Å². The Morgan fingerprint density at radius 3 is 2.62 bits per heavy atom. The molecule has 136 valence electrons. The summed E-state index contributed by atoms with van der Waals surface area (Å²) in [7, 11) is 0. The first-order chi connectivity index (χ1) is 12.4. The largest absolute Gasteiger partial charge is 0.478 e. The lowest BCUT2D eigenvalue weighted by Crippen LogP contribution is -2.01. The van der Waals surface area contributed by atoms with Gasteiger partial charge in [-0.05, 0) is 62.9 Å². The van der Waals surface area contributed by atoms with Gasteiger partial charge < -0.3 is 15.8 Å². The second-order valence-electron chi connectivity index (χ2n) is 6.69. The van der Waals surface area contributed by atoms with Gasteiger partial charge in [-0.25, -0.2) is 4.79 Å². The number of nitrogens with two attached hydrogens (primary N) is 1. The molecule has 0 fully saturated rings. The number of hydrogen-bond donors (Lipinski definition) is 3. The van der Waals surface area contributed by atoms with E-state index in [4.69, 9.17) is 17.3 Å². The number of aromatic nitrogens is 1. The van der Waals surface area contributed by atoms with Gasteiger partial charge in [0, 0.05) is 10.9 Å². The molecule has 0 aliphatic carbocycles. The number of H-pyrrole nitrogens is 1. The van der Waals surface area contributed by atoms with E-state index in [1.54, 1.807) is 12.1 Å². The summed E-state index contributed by atoms with van der Waals surface area (Å²) in [4.78, 5) is 15.2. The highest BCUT2D eigenvalue weighted by Crippen LogP contribution is 2.38. The van der Waals surface area contributed by atoms with Gasteiger partial charge in [-0.2, -0.15) is 0 Å². The summed E-state index contributed by atoms with van der Waals surface area (Å²) in [6.07, 6.45) is 2.54. The number of carboxylic acids is 1. The average Bonchev–Trinajstić information content (AvgIpc) is 2.95. The first-order valence-electron chi connectivity index (χ1n) is 8.78. The minimum Gasteiger partial charge on any atom is -0.478 e. The van der Waals surface area contributed by atoms with E-state index in [2.05, 4.69) is 37.0 Å². The number of unbranched alkanes of at least 4 members (excludes halogenated alkanes) is 1. The zero-order valence-electron chi connectivity index (χ0n) is 15.0. The fourth-order valence-electron chi connectivity index (χ4n) is 3.54. The molecule has 0 saturated carbocycles. The fraction of sp³-hybridized carbons (Fsp3) is 0.286. The van der Waals surface area contributed by atoms with Crippen LogP contribution in [0.2, 0.25) is 5.02 Å². The van der Waals surface area contributed by atoms with Crippen LogP contribution in [-0.2, 0) is 6.42 Å². The highest BCUT2D eigenvalue weighted by atomic mass is 35.5. The molecule has 0 aliphatic rings. The van der Waals surface area contributed by atoms with Crippen molar-refractivity contribution in [3.05, 3.63) is 57.6 Å². The molecule has 5 heteroatoms. The van der Waals surface area contributed by atoms with E-state index in [0.717, 1.165) is 41.6 Å². The van der Waals surface area contributed by atoms with E-state index in [1.807, 2.05) is 0 Å². The van der Waals surface area contributed by atoms with Crippen molar-refractivity contribution >= 4 is 28.5 Å². The van der Waals surface area contributed by atoms with Crippen LogP contribution in [0.4, 0.5) is 0 Å². The lowest BCUT2D eigenvalue weighted by atomic mass is 9.95. The first kappa shape index (κ1) is 18.5. The van der Waals surface area contributed by atoms with Crippen molar-refractivity contribution in [2.45, 2.75) is 33.1 Å². The third-order valence-electron chi connectivity index (χ3n) is 4.77. The Morgan fingerprint density at radius 1 is 1.19 bits per heavy atom. The zero-order chi connectivity index (χ0) is 18.8. The number of fused-ring (bicyclic) bond motifs is 1. The summed E-state index contributed by atoms with van der Waals surface area (Å²) in [5, 5.41) is 10.9. The fourth-order valence-corrected chi connectivity index (χ4v) is 3.74. The van der Waals surface area contributed by atoms with E-state index in [0.29, 0.717) is 22.5 Å². The summed E-state index contributed by atoms with van der Waals surface area (Å²) in [6.45, 7) is 4.74. The first-order valence-corrected chi connectivity index (χ1v) is 9.16. The van der Waals surface area contributed by atoms with Gasteiger partial charge in [-0.15, -0.1) is 0 Å². The third kappa shape index (κ3) is 3.35. The molecule has 3 rings (SSSR count). The Bertz CT molecular complexity index is 976. The van der Waals surface area contributed by atoms with Gasteiger partial charge in [0.2, 0.25) is 0 Å². The molecule has 4 N–H and O–H groups in total. The number of hydrogen-bond acceptors (Lipinski definition) is 2. The molecule has 26 heavy (non-hydrogen) atoms. The van der Waals surface area contributed by atoms with Crippen LogP contribution in [0.15, 0.2) is 30.3 Å². The van der Waals surface area contributed by atoms with Gasteiger partial charge in [0.1, 0.15) is 0 Å². The van der Waals surface area contributed by atoms with Crippen LogP contribution in [0, 0.1) is 13.8 Å². The maximum Gasteiger partial charge on any atom is 0.336 e. The molecule has 0 saturated heterocycles. The molecule has 0 radical (unpaired) electrons. The van der Waals surface area contributed by atoms with Crippen LogP contribution in [0.3, 0.4) is 0 Å². The molecule has 4 nitrogen and oxygen atoms in total. The van der Waals surface area contributed by atoms with Crippen molar-refractivity contribution < 1.29 is 9.90 Å². The molecule has 0 atom stereocenters. The number of aromatic carboxylic acids is 1. The Hall–Kier alpha value is -2.30. The maximum absolute atomic E-state index is 11.8. The van der Waals surface area contributed by atoms with Crippen LogP contribution >= 0.6 is 11.6 Å². The topological polar surface area (TPSA) is 79.1 Å². The molecule has 0 aliphatic heterocycles. The molecule has 3 aromatic rings. The monoisotopic (exact) mass is 370 g/mol. The van der Waals surface area contributed by atoms with Crippen LogP contribution in [0.1, 0.15) is 39.9 Å². The molecule has 0 bridgehead atoms. The second kappa shape index (κ2) is 7.52. The predicted octanol–water partition coefficient (Wildman–Crippen LogP) is 5.08. The third-order valence-corrected chi connectivity index (χ3v) is 5.09. The number of benzene rings is 2. The minimum atomic E-state index is -0.946. The molecule has 1 aromatic heterocycles. The summed E-state index contributed by atoms with van der Waals surface area (Å²) in [5.41, 5.74) is 12.0. The zero-order valence-corrected chi connectivity index (χ0v) is 15.8. The lowest BCUT2D eigenvalue weighted by molar-refractivity contribution is 0.0699. The number of aromatic amines is 1. The van der Waals surface area contributed by atoms with Crippen molar-refractivity contribution in [1.82, 2.24) is 4.98 Å². The van der Waals surface area contributed by atoms with Gasteiger partial charge in [-0.1, -0.05) is 35.4 Å². The van der Waals surface area contributed by atoms with Gasteiger partial charge >= 0.3 is 5.97 Å². The second-order valence-corrected chi connectivity index (χ2v) is 7.10. The van der Waals surface area contributed by atoms with Crippen LogP contribution in [-0.4, -0.2) is 22.6 Å². The highest BCUT2D eigenvalue weighted by Gasteiger charge is 2.21. The van der Waals surface area contributed by atoms with Gasteiger partial charge in [-0.3, -0.25) is 0 Å². The number of carboxylic acid groups (broad SMARTS) is 1. The van der Waals surface area contributed by atoms with Crippen molar-refractivity contribution in [3.63, 3.8) is 0 Å². The lowest BCUT2D eigenvalue weighted by Gasteiger charge is -2.10. The molecule has 0 unspecified atom stereocenters. The Morgan fingerprint density at radius 2 is 1.96 bits per heavy atom. The van der Waals surface area contributed by atoms with E-state index >= 15 is 0 Å². The van der Waals surface area contributed by atoms with E-state index in [-0.39, 0.29) is 5.56 Å². The average molecular weight is 371 g/mol. The van der Waals surface area contributed by atoms with E-state index in [1.165, 1.54) is 5.56 Å². The van der Waals surface area contributed by atoms with Crippen molar-refractivity contribution in [3.8, 4) is 11.3 Å². The van der Waals surface area contributed by atoms with E-state index in [9.17, 15) is 9.90 Å². The number of nitrogens with one attached hydrogen (secondary N) is 1. The quantitative estimate of drug-likeness (QED) is 0.529. The van der Waals surface area contributed by atoms with Crippen molar-refractivity contribution in [2.24, 2.45) is 5.73 Å². The summed E-state index contributed by atoms with van der Waals surface area (Å²) < 4.78 is 0. The summed E-state index contributed by atoms with van der Waals surface area (Å²) >= 11 is 6.39. The van der Waals surface area contributed by atoms with E-state index < -0.39 is 5.97 Å². The number of halogens is 1. The van der Waals surface area contributed by atoms with Crippen LogP contribution < -0.4 is 5.73 Å². The number of rotatable bonds is 6. The Labute approximate surface area is 158 Å². The molecule has 0 amide bonds. The molecule has 0 spiro atoms. The smallest absolute Gasteiger partial charge is 0.336 e. The van der Waals surface area contributed by atoms with Crippen LogP contribution in [0.5, 0.6) is 0 Å². The normalized spacial score (nSPS) is 11.2. The molecular formula is C21H23ClN2O2. The van der Waals surface area contributed by atoms with Gasteiger partial charge in [0.15, 0.2) is 0 Å². The minimum absolute atomic E-state index is 0.277. The predicted molar refractivity (Wildman–Crippen MR) is 107 cm³/mol. The SMILES string of the molecule is Cc1ccc(-c2[nH]c3c(Cl)ccc(C(=O)O)c3c2CCCCN)c(C)c1. The van der Waals surface area contributed by atoms with Crippen LogP contribution in [0.25, 0.3) is 22.2 Å². The van der Waals surface area contributed by atoms with Gasteiger partial charge in [0.05, 0.1) is 21.8 Å². The molecule has 1 heterocycles. The van der Waals surface area contributed by atoms with Gasteiger partial charge in [0.25, 0.3) is 0 Å². The molecular weight excluding hydrogens is 348 g/mol. The number of aryl methyl sites for hydroxylation is 3. The highest BCUT2D eigenvalue weighted by molar-refractivity contribution is 6.36. The maximum atomic E-state index is 11.8. The Balaban J connectivity index is 2.30.